The Morgan fingerprint density at radius 3 is 1.78 bits per heavy atom. The van der Waals surface area contributed by atoms with E-state index in [0.717, 1.165) is 43.4 Å². The van der Waals surface area contributed by atoms with Crippen LogP contribution in [0.4, 0.5) is 5.82 Å². The van der Waals surface area contributed by atoms with Gasteiger partial charge in [-0.2, -0.15) is 0 Å². The molecule has 0 fully saturated rings. The summed E-state index contributed by atoms with van der Waals surface area (Å²) in [4.78, 5) is 49.5. The molecule has 0 unspecified atom stereocenters. The van der Waals surface area contributed by atoms with Crippen LogP contribution in [-0.2, 0) is 56.4 Å². The van der Waals surface area contributed by atoms with E-state index in [0.29, 0.717) is 19.4 Å². The van der Waals surface area contributed by atoms with Gasteiger partial charge < -0.3 is 39.2 Å². The van der Waals surface area contributed by atoms with Crippen LogP contribution in [-0.4, -0.2) is 107 Å². The molecule has 0 bridgehead atoms. The number of rotatable bonds is 38. The molecule has 16 nitrogen and oxygen atoms in total. The summed E-state index contributed by atoms with van der Waals surface area (Å²) in [6.07, 6.45) is 16.1. The molecule has 0 spiro atoms. The zero-order valence-corrected chi connectivity index (χ0v) is 37.1. The number of benzene rings is 2. The van der Waals surface area contributed by atoms with Crippen molar-refractivity contribution in [3.8, 4) is 5.75 Å². The van der Waals surface area contributed by atoms with Gasteiger partial charge in [-0.25, -0.2) is 18.2 Å². The van der Waals surface area contributed by atoms with Crippen molar-refractivity contribution in [2.24, 2.45) is 0 Å². The molecule has 3 rings (SSSR count). The number of nitrogens with zero attached hydrogens (tertiary/aromatic N) is 1. The molecule has 0 saturated carbocycles. The van der Waals surface area contributed by atoms with Crippen LogP contribution in [0.5, 0.6) is 5.75 Å². The summed E-state index contributed by atoms with van der Waals surface area (Å²) in [7, 11) is -3.94. The first-order valence-electron chi connectivity index (χ1n) is 21.9. The molecule has 1 heterocycles. The van der Waals surface area contributed by atoms with E-state index in [9.17, 15) is 27.6 Å². The smallest absolute Gasteiger partial charge is 0.329 e. The van der Waals surface area contributed by atoms with Gasteiger partial charge in [0.25, 0.3) is 15.9 Å². The lowest BCUT2D eigenvalue weighted by Crippen LogP contribution is -2.28. The number of ketones is 1. The molecule has 0 radical (unpaired) electrons. The molecular weight excluding hydrogens is 835 g/mol. The molecule has 2 aromatic carbocycles. The lowest BCUT2D eigenvalue weighted by atomic mass is 10.0. The first-order valence-corrected chi connectivity index (χ1v) is 23.3. The molecule has 0 aliphatic rings. The van der Waals surface area contributed by atoms with Gasteiger partial charge in [0.1, 0.15) is 31.4 Å². The normalized spacial score (nSPS) is 11.3. The highest BCUT2D eigenvalue weighted by Crippen LogP contribution is 2.19. The number of aliphatic carboxylic acids is 2. The lowest BCUT2D eigenvalue weighted by Gasteiger charge is -2.10. The maximum Gasteiger partial charge on any atom is 0.329 e. The zero-order valence-electron chi connectivity index (χ0n) is 36.3. The molecule has 0 atom stereocenters. The number of carboxylic acid groups (broad SMARTS) is 2. The summed E-state index contributed by atoms with van der Waals surface area (Å²) in [5.74, 6) is -1.43. The summed E-state index contributed by atoms with van der Waals surface area (Å²) in [6.45, 7) is 1.50. The minimum Gasteiger partial charge on any atom is -0.489 e. The zero-order chi connectivity index (χ0) is 45.4. The number of aromatic nitrogens is 1. The van der Waals surface area contributed by atoms with Crippen LogP contribution >= 0.6 is 0 Å². The van der Waals surface area contributed by atoms with Crippen molar-refractivity contribution in [2.75, 3.05) is 64.1 Å². The number of hydrogen-bond donors (Lipinski definition) is 4. The minimum absolute atomic E-state index is 0.0496. The van der Waals surface area contributed by atoms with Crippen molar-refractivity contribution in [1.29, 1.82) is 0 Å². The van der Waals surface area contributed by atoms with Gasteiger partial charge in [-0.3, -0.25) is 19.1 Å². The minimum atomic E-state index is -3.94. The predicted octanol–water partition coefficient (Wildman–Crippen LogP) is 7.00. The van der Waals surface area contributed by atoms with E-state index >= 15 is 0 Å². The fourth-order valence-electron chi connectivity index (χ4n) is 6.23. The Bertz CT molecular complexity index is 1860. The fraction of sp³-hybridized carbons (Fsp3) is 0.543. The third-order valence-electron chi connectivity index (χ3n) is 9.69. The summed E-state index contributed by atoms with van der Waals surface area (Å²) in [5, 5.41) is 19.9. The van der Waals surface area contributed by atoms with Gasteiger partial charge in [0.05, 0.1) is 43.5 Å². The number of pyridine rings is 1. The summed E-state index contributed by atoms with van der Waals surface area (Å²) < 4.78 is 55.3. The number of nitrogens with one attached hydrogen (secondary N) is 2. The van der Waals surface area contributed by atoms with Crippen molar-refractivity contribution in [3.05, 3.63) is 83.6 Å². The van der Waals surface area contributed by atoms with Crippen molar-refractivity contribution < 1.29 is 61.5 Å². The van der Waals surface area contributed by atoms with Gasteiger partial charge in [-0.15, -0.1) is 0 Å². The van der Waals surface area contributed by atoms with Gasteiger partial charge in [0, 0.05) is 32.2 Å². The summed E-state index contributed by atoms with van der Waals surface area (Å²) >= 11 is 0. The van der Waals surface area contributed by atoms with Gasteiger partial charge in [0.2, 0.25) is 0 Å². The standard InChI is InChI=1S/C46H65N3O13S/c50-40(14-12-27-58-29-32-61-36-45(53)54)35-60-31-30-59-28-26-47-46(55)39-20-25-43(48-33-39)49-63(56,57)42-23-18-38(19-24-42)34-62-41-21-16-37(17-22-41)13-10-8-6-4-2-1-3-5-7-9-11-15-44(51)52/h16-25,33H,1-15,26-32,34-36H2,(H,47,55)(H,48,49)(H,51,52)(H,53,54). The highest BCUT2D eigenvalue weighted by molar-refractivity contribution is 7.92. The number of anilines is 1. The second kappa shape index (κ2) is 31.8. The molecule has 1 aromatic heterocycles. The molecule has 0 aliphatic heterocycles. The first kappa shape index (κ1) is 52.4. The third kappa shape index (κ3) is 25.1. The lowest BCUT2D eigenvalue weighted by molar-refractivity contribution is -0.143. The fourth-order valence-corrected chi connectivity index (χ4v) is 7.24. The highest BCUT2D eigenvalue weighted by Gasteiger charge is 2.16. The maximum absolute atomic E-state index is 13.0. The molecule has 17 heteroatoms. The molecule has 1 amide bonds. The number of Topliss-reactive ketones (excluding diaryl/α,β-unsaturated/α-hetero) is 1. The Hall–Kier alpha value is -4.94. The number of hydrogen-bond acceptors (Lipinski definition) is 12. The number of amides is 1. The Kier molecular flexibility index (Phi) is 26.5. The van der Waals surface area contributed by atoms with E-state index in [1.807, 2.05) is 12.1 Å². The van der Waals surface area contributed by atoms with Crippen LogP contribution in [0.3, 0.4) is 0 Å². The number of carbonyl (C=O) groups excluding carboxylic acids is 2. The monoisotopic (exact) mass is 899 g/mol. The van der Waals surface area contributed by atoms with E-state index < -0.39 is 27.9 Å². The Morgan fingerprint density at radius 1 is 0.571 bits per heavy atom. The number of sulfonamides is 1. The first-order chi connectivity index (χ1) is 30.5. The van der Waals surface area contributed by atoms with E-state index in [-0.39, 0.29) is 87.9 Å². The SMILES string of the molecule is O=C(O)CCCCCCCCCCCCCc1ccc(OCc2ccc(S(=O)(=O)Nc3ccc(C(=O)NCCOCCOCC(=O)CCCOCCOCC(=O)O)cn3)cc2)cc1. The van der Waals surface area contributed by atoms with Gasteiger partial charge >= 0.3 is 11.9 Å². The van der Waals surface area contributed by atoms with Crippen LogP contribution in [0.1, 0.15) is 111 Å². The van der Waals surface area contributed by atoms with E-state index in [1.165, 1.54) is 81.0 Å². The molecular formula is C46H65N3O13S. The second-order valence-corrected chi connectivity index (χ2v) is 16.7. The van der Waals surface area contributed by atoms with Gasteiger partial charge in [0.15, 0.2) is 5.78 Å². The van der Waals surface area contributed by atoms with Crippen LogP contribution in [0, 0.1) is 0 Å². The number of carboxylic acids is 2. The predicted molar refractivity (Wildman–Crippen MR) is 236 cm³/mol. The highest BCUT2D eigenvalue weighted by atomic mass is 32.2. The third-order valence-corrected chi connectivity index (χ3v) is 11.1. The van der Waals surface area contributed by atoms with Gasteiger partial charge in [-0.1, -0.05) is 82.1 Å². The van der Waals surface area contributed by atoms with E-state index in [2.05, 4.69) is 27.2 Å². The van der Waals surface area contributed by atoms with Crippen molar-refractivity contribution in [3.63, 3.8) is 0 Å². The molecule has 63 heavy (non-hydrogen) atoms. The van der Waals surface area contributed by atoms with E-state index in [4.69, 9.17) is 33.9 Å². The average molecular weight is 900 g/mol. The van der Waals surface area contributed by atoms with E-state index in [1.54, 1.807) is 12.1 Å². The molecule has 0 saturated heterocycles. The molecule has 0 aliphatic carbocycles. The van der Waals surface area contributed by atoms with Crippen LogP contribution in [0.2, 0.25) is 0 Å². The van der Waals surface area contributed by atoms with Crippen LogP contribution in [0.15, 0.2) is 71.8 Å². The van der Waals surface area contributed by atoms with Crippen LogP contribution < -0.4 is 14.8 Å². The molecule has 348 valence electrons. The molecule has 3 aromatic rings. The number of unbranched alkanes of at least 4 members (excludes halogenated alkanes) is 10. The number of aryl methyl sites for hydroxylation is 1. The van der Waals surface area contributed by atoms with Crippen LogP contribution in [0.25, 0.3) is 0 Å². The van der Waals surface area contributed by atoms with Crippen molar-refractivity contribution >= 4 is 39.5 Å². The number of carbonyl (C=O) groups is 4. The summed E-state index contributed by atoms with van der Waals surface area (Å²) in [5.41, 5.74) is 2.32. The molecule has 4 N–H and O–H groups in total. The topological polar surface area (TPSA) is 226 Å². The van der Waals surface area contributed by atoms with Crippen molar-refractivity contribution in [1.82, 2.24) is 10.3 Å². The Balaban J connectivity index is 1.21. The van der Waals surface area contributed by atoms with Crippen molar-refractivity contribution in [2.45, 2.75) is 108 Å². The summed E-state index contributed by atoms with van der Waals surface area (Å²) in [6, 6.07) is 17.4. The largest absolute Gasteiger partial charge is 0.489 e. The quantitative estimate of drug-likeness (QED) is 0.0425. The second-order valence-electron chi connectivity index (χ2n) is 15.0. The van der Waals surface area contributed by atoms with Gasteiger partial charge in [-0.05, 0) is 73.2 Å². The average Bonchev–Trinajstić information content (AvgIpc) is 3.26. The Labute approximate surface area is 371 Å². The Morgan fingerprint density at radius 2 is 1.16 bits per heavy atom. The maximum atomic E-state index is 13.0. The number of ether oxygens (including phenoxy) is 5.